The summed E-state index contributed by atoms with van der Waals surface area (Å²) >= 11 is 0. The average Bonchev–Trinajstić information content (AvgIpc) is 2.82. The standard InChI is InChI=1S/C12H20N2O/c1-9-11(7-8-15)13-12(14(9)2)10-5-3-4-6-10/h10,15H,3-8H2,1-2H3. The van der Waals surface area contributed by atoms with Crippen LogP contribution >= 0.6 is 0 Å². The van der Waals surface area contributed by atoms with Gasteiger partial charge in [0.05, 0.1) is 5.69 Å². The lowest BCUT2D eigenvalue weighted by Gasteiger charge is -2.09. The van der Waals surface area contributed by atoms with E-state index in [-0.39, 0.29) is 6.61 Å². The van der Waals surface area contributed by atoms with Crippen molar-refractivity contribution in [3.05, 3.63) is 17.2 Å². The van der Waals surface area contributed by atoms with Crippen molar-refractivity contribution < 1.29 is 5.11 Å². The maximum Gasteiger partial charge on any atom is 0.112 e. The van der Waals surface area contributed by atoms with Crippen LogP contribution in [0.2, 0.25) is 0 Å². The summed E-state index contributed by atoms with van der Waals surface area (Å²) in [5.74, 6) is 1.88. The molecule has 3 nitrogen and oxygen atoms in total. The highest BCUT2D eigenvalue weighted by Gasteiger charge is 2.23. The van der Waals surface area contributed by atoms with E-state index in [1.165, 1.54) is 37.2 Å². The molecule has 1 heterocycles. The van der Waals surface area contributed by atoms with Crippen molar-refractivity contribution in [2.45, 2.75) is 44.9 Å². The smallest absolute Gasteiger partial charge is 0.112 e. The predicted octanol–water partition coefficient (Wildman–Crippen LogP) is 1.92. The van der Waals surface area contributed by atoms with Crippen LogP contribution in [0.25, 0.3) is 0 Å². The van der Waals surface area contributed by atoms with Gasteiger partial charge in [-0.15, -0.1) is 0 Å². The molecule has 0 unspecified atom stereocenters. The second kappa shape index (κ2) is 4.35. The Hall–Kier alpha value is -0.830. The topological polar surface area (TPSA) is 38.1 Å². The lowest BCUT2D eigenvalue weighted by atomic mass is 10.1. The minimum Gasteiger partial charge on any atom is -0.396 e. The minimum absolute atomic E-state index is 0.196. The first kappa shape index (κ1) is 10.7. The lowest BCUT2D eigenvalue weighted by Crippen LogP contribution is -2.03. The SMILES string of the molecule is Cc1c(CCO)nc(C2CCCC2)n1C. The number of aromatic nitrogens is 2. The Kier molecular flexibility index (Phi) is 3.10. The summed E-state index contributed by atoms with van der Waals surface area (Å²) in [6.45, 7) is 2.29. The van der Waals surface area contributed by atoms with Crippen LogP contribution in [0.5, 0.6) is 0 Å². The molecule has 1 saturated carbocycles. The molecule has 1 N–H and O–H groups in total. The molecule has 3 heteroatoms. The van der Waals surface area contributed by atoms with Gasteiger partial charge in [0, 0.05) is 31.7 Å². The van der Waals surface area contributed by atoms with E-state index in [1.807, 2.05) is 0 Å². The molecule has 0 aliphatic heterocycles. The lowest BCUT2D eigenvalue weighted by molar-refractivity contribution is 0.298. The number of hydrogen-bond donors (Lipinski definition) is 1. The van der Waals surface area contributed by atoms with Gasteiger partial charge in [-0.3, -0.25) is 0 Å². The van der Waals surface area contributed by atoms with E-state index in [1.54, 1.807) is 0 Å². The first-order valence-electron chi connectivity index (χ1n) is 5.87. The van der Waals surface area contributed by atoms with Crippen LogP contribution in [0.15, 0.2) is 0 Å². The van der Waals surface area contributed by atoms with E-state index in [2.05, 4.69) is 23.5 Å². The summed E-state index contributed by atoms with van der Waals surface area (Å²) < 4.78 is 2.21. The Labute approximate surface area is 91.1 Å². The van der Waals surface area contributed by atoms with Gasteiger partial charge < -0.3 is 9.67 Å². The second-order valence-electron chi connectivity index (χ2n) is 4.52. The fourth-order valence-electron chi connectivity index (χ4n) is 2.55. The van der Waals surface area contributed by atoms with Crippen LogP contribution in [0.3, 0.4) is 0 Å². The first-order valence-corrected chi connectivity index (χ1v) is 5.87. The molecule has 0 radical (unpaired) electrons. The molecule has 84 valence electrons. The van der Waals surface area contributed by atoms with Gasteiger partial charge in [-0.25, -0.2) is 4.98 Å². The molecule has 1 aromatic rings. The van der Waals surface area contributed by atoms with E-state index in [4.69, 9.17) is 5.11 Å². The number of rotatable bonds is 3. The summed E-state index contributed by atoms with van der Waals surface area (Å²) in [5.41, 5.74) is 2.29. The van der Waals surface area contributed by atoms with E-state index >= 15 is 0 Å². The van der Waals surface area contributed by atoms with E-state index in [0.717, 1.165) is 5.69 Å². The monoisotopic (exact) mass is 208 g/mol. The summed E-state index contributed by atoms with van der Waals surface area (Å²) in [7, 11) is 2.09. The molecule has 0 saturated heterocycles. The molecule has 2 rings (SSSR count). The van der Waals surface area contributed by atoms with Gasteiger partial charge in [0.1, 0.15) is 5.82 Å². The van der Waals surface area contributed by atoms with Crippen molar-refractivity contribution in [3.8, 4) is 0 Å². The quantitative estimate of drug-likeness (QED) is 0.824. The van der Waals surface area contributed by atoms with Crippen LogP contribution in [-0.4, -0.2) is 21.3 Å². The van der Waals surface area contributed by atoms with Crippen LogP contribution in [-0.2, 0) is 13.5 Å². The third-order valence-electron chi connectivity index (χ3n) is 3.58. The molecule has 1 aliphatic carbocycles. The van der Waals surface area contributed by atoms with Gasteiger partial charge in [-0.1, -0.05) is 12.8 Å². The zero-order chi connectivity index (χ0) is 10.8. The molecule has 0 aromatic carbocycles. The molecule has 0 bridgehead atoms. The highest BCUT2D eigenvalue weighted by molar-refractivity contribution is 5.18. The van der Waals surface area contributed by atoms with Crippen LogP contribution in [0, 0.1) is 6.92 Å². The largest absolute Gasteiger partial charge is 0.396 e. The summed E-state index contributed by atoms with van der Waals surface area (Å²) in [5, 5.41) is 8.96. The molecule has 1 aromatic heterocycles. The number of nitrogens with zero attached hydrogens (tertiary/aromatic N) is 2. The highest BCUT2D eigenvalue weighted by Crippen LogP contribution is 2.33. The number of aliphatic hydroxyl groups excluding tert-OH is 1. The second-order valence-corrected chi connectivity index (χ2v) is 4.52. The molecular weight excluding hydrogens is 188 g/mol. The average molecular weight is 208 g/mol. The third-order valence-corrected chi connectivity index (χ3v) is 3.58. The maximum atomic E-state index is 8.96. The molecule has 1 aliphatic rings. The molecule has 0 amide bonds. The van der Waals surface area contributed by atoms with Crippen molar-refractivity contribution in [2.24, 2.45) is 7.05 Å². The summed E-state index contributed by atoms with van der Waals surface area (Å²) in [4.78, 5) is 4.68. The van der Waals surface area contributed by atoms with Gasteiger partial charge >= 0.3 is 0 Å². The van der Waals surface area contributed by atoms with E-state index in [0.29, 0.717) is 12.3 Å². The minimum atomic E-state index is 0.196. The van der Waals surface area contributed by atoms with Gasteiger partial charge in [0.15, 0.2) is 0 Å². The fraction of sp³-hybridized carbons (Fsp3) is 0.750. The van der Waals surface area contributed by atoms with Gasteiger partial charge in [-0.05, 0) is 19.8 Å². The Morgan fingerprint density at radius 2 is 2.07 bits per heavy atom. The zero-order valence-electron chi connectivity index (χ0n) is 9.66. The van der Waals surface area contributed by atoms with E-state index in [9.17, 15) is 0 Å². The third kappa shape index (κ3) is 1.93. The van der Waals surface area contributed by atoms with Crippen molar-refractivity contribution in [3.63, 3.8) is 0 Å². The summed E-state index contributed by atoms with van der Waals surface area (Å²) in [6, 6.07) is 0. The van der Waals surface area contributed by atoms with Gasteiger partial charge in [-0.2, -0.15) is 0 Å². The Morgan fingerprint density at radius 1 is 1.40 bits per heavy atom. The number of imidazole rings is 1. The predicted molar refractivity (Wildman–Crippen MR) is 59.9 cm³/mol. The molecule has 0 spiro atoms. The molecule has 15 heavy (non-hydrogen) atoms. The molecular formula is C12H20N2O. The normalized spacial score (nSPS) is 17.5. The van der Waals surface area contributed by atoms with Crippen LogP contribution in [0.4, 0.5) is 0 Å². The van der Waals surface area contributed by atoms with Gasteiger partial charge in [0.25, 0.3) is 0 Å². The van der Waals surface area contributed by atoms with Crippen molar-refractivity contribution in [1.82, 2.24) is 9.55 Å². The molecule has 1 fully saturated rings. The van der Waals surface area contributed by atoms with Crippen LogP contribution < -0.4 is 0 Å². The van der Waals surface area contributed by atoms with Crippen molar-refractivity contribution in [2.75, 3.05) is 6.61 Å². The summed E-state index contributed by atoms with van der Waals surface area (Å²) in [6.07, 6.45) is 5.93. The number of hydrogen-bond acceptors (Lipinski definition) is 2. The van der Waals surface area contributed by atoms with Gasteiger partial charge in [0.2, 0.25) is 0 Å². The Morgan fingerprint density at radius 3 is 2.67 bits per heavy atom. The van der Waals surface area contributed by atoms with Crippen LogP contribution in [0.1, 0.15) is 48.8 Å². The maximum absolute atomic E-state index is 8.96. The zero-order valence-corrected chi connectivity index (χ0v) is 9.66. The van der Waals surface area contributed by atoms with E-state index < -0.39 is 0 Å². The van der Waals surface area contributed by atoms with Crippen molar-refractivity contribution in [1.29, 1.82) is 0 Å². The highest BCUT2D eigenvalue weighted by atomic mass is 16.3. The Bertz CT molecular complexity index is 338. The fourth-order valence-corrected chi connectivity index (χ4v) is 2.55. The first-order chi connectivity index (χ1) is 7.24. The van der Waals surface area contributed by atoms with Crippen molar-refractivity contribution >= 4 is 0 Å². The Balaban J connectivity index is 2.27. The number of aliphatic hydroxyl groups is 1. The molecule has 0 atom stereocenters.